The zero-order valence-corrected chi connectivity index (χ0v) is 17.4. The van der Waals surface area contributed by atoms with E-state index in [4.69, 9.17) is 0 Å². The average molecular weight is 405 g/mol. The lowest BCUT2D eigenvalue weighted by molar-refractivity contribution is -0.118. The van der Waals surface area contributed by atoms with Crippen LogP contribution in [0.4, 0.5) is 11.4 Å². The molecule has 0 bridgehead atoms. The molecule has 0 aliphatic carbocycles. The van der Waals surface area contributed by atoms with E-state index >= 15 is 0 Å². The lowest BCUT2D eigenvalue weighted by atomic mass is 9.89. The fourth-order valence-electron chi connectivity index (χ4n) is 4.12. The van der Waals surface area contributed by atoms with Gasteiger partial charge in [0.25, 0.3) is 5.91 Å². The van der Waals surface area contributed by atoms with Crippen LogP contribution in [-0.4, -0.2) is 17.9 Å². The van der Waals surface area contributed by atoms with E-state index in [-0.39, 0.29) is 23.9 Å². The summed E-state index contributed by atoms with van der Waals surface area (Å²) < 4.78 is 0. The zero-order chi connectivity index (χ0) is 20.4. The van der Waals surface area contributed by atoms with Gasteiger partial charge in [-0.05, 0) is 48.6 Å². The maximum Gasteiger partial charge on any atom is 0.268 e. The molecule has 1 aliphatic heterocycles. The van der Waals surface area contributed by atoms with E-state index < -0.39 is 0 Å². The molecule has 0 N–H and O–H groups in total. The summed E-state index contributed by atoms with van der Waals surface area (Å²) in [5, 5.41) is 1.93. The normalized spacial score (nSPS) is 18.2. The Morgan fingerprint density at radius 3 is 2.45 bits per heavy atom. The molecule has 5 heteroatoms. The first-order valence-corrected chi connectivity index (χ1v) is 10.8. The van der Waals surface area contributed by atoms with Gasteiger partial charge >= 0.3 is 0 Å². The summed E-state index contributed by atoms with van der Waals surface area (Å²) in [5.74, 6) is 0.104. The molecule has 0 spiro atoms. The van der Waals surface area contributed by atoms with Crippen LogP contribution < -0.4 is 9.80 Å². The van der Waals surface area contributed by atoms with Gasteiger partial charge in [0.1, 0.15) is 0 Å². The van der Waals surface area contributed by atoms with Gasteiger partial charge in [0.15, 0.2) is 0 Å². The highest BCUT2D eigenvalue weighted by Crippen LogP contribution is 2.43. The molecular formula is C24H24N2O2S. The second kappa shape index (κ2) is 8.21. The second-order valence-electron chi connectivity index (χ2n) is 7.26. The van der Waals surface area contributed by atoms with Crippen LogP contribution in [0.2, 0.25) is 0 Å². The molecule has 1 aliphatic rings. The molecule has 0 saturated carbocycles. The maximum atomic E-state index is 13.5. The van der Waals surface area contributed by atoms with Crippen LogP contribution in [0.5, 0.6) is 0 Å². The average Bonchev–Trinajstić information content (AvgIpc) is 3.29. The molecule has 0 unspecified atom stereocenters. The minimum atomic E-state index is -0.140. The van der Waals surface area contributed by atoms with Gasteiger partial charge in [-0.15, -0.1) is 11.3 Å². The van der Waals surface area contributed by atoms with Crippen molar-refractivity contribution in [1.29, 1.82) is 0 Å². The Hall–Kier alpha value is -2.92. The highest BCUT2D eigenvalue weighted by atomic mass is 32.1. The predicted octanol–water partition coefficient (Wildman–Crippen LogP) is 5.67. The standard InChI is InChI=1S/C24H24N2O2S/c1-3-23(27)25-17(2)16-21(19-12-7-8-13-20(19)25)26(18-10-5-4-6-11-18)24(28)22-14-9-15-29-22/h4-15,17,21H,3,16H2,1-2H3/t17-,21+/m1/s1. The Morgan fingerprint density at radius 2 is 1.76 bits per heavy atom. The molecule has 4 rings (SSSR count). The van der Waals surface area contributed by atoms with E-state index in [9.17, 15) is 9.59 Å². The number of fused-ring (bicyclic) bond motifs is 1. The number of anilines is 2. The van der Waals surface area contributed by atoms with Crippen LogP contribution in [-0.2, 0) is 4.79 Å². The van der Waals surface area contributed by atoms with Crippen LogP contribution in [0, 0.1) is 0 Å². The Kier molecular flexibility index (Phi) is 5.49. The van der Waals surface area contributed by atoms with Crippen molar-refractivity contribution in [1.82, 2.24) is 0 Å². The molecular weight excluding hydrogens is 380 g/mol. The number of nitrogens with zero attached hydrogens (tertiary/aromatic N) is 2. The van der Waals surface area contributed by atoms with E-state index in [0.29, 0.717) is 17.7 Å². The maximum absolute atomic E-state index is 13.5. The van der Waals surface area contributed by atoms with Gasteiger partial charge in [-0.1, -0.05) is 49.4 Å². The summed E-state index contributed by atoms with van der Waals surface area (Å²) in [7, 11) is 0. The van der Waals surface area contributed by atoms with Crippen LogP contribution in [0.15, 0.2) is 72.1 Å². The smallest absolute Gasteiger partial charge is 0.268 e. The van der Waals surface area contributed by atoms with Crippen molar-refractivity contribution >= 4 is 34.5 Å². The summed E-state index contributed by atoms with van der Waals surface area (Å²) in [6.07, 6.45) is 1.15. The number of amides is 2. The lowest BCUT2D eigenvalue weighted by Crippen LogP contribution is -2.47. The Balaban J connectivity index is 1.84. The monoisotopic (exact) mass is 404 g/mol. The molecule has 0 saturated heterocycles. The van der Waals surface area contributed by atoms with Crippen LogP contribution >= 0.6 is 11.3 Å². The molecule has 1 aromatic heterocycles. The van der Waals surface area contributed by atoms with Crippen molar-refractivity contribution in [2.45, 2.75) is 38.8 Å². The number of hydrogen-bond acceptors (Lipinski definition) is 3. The molecule has 0 fully saturated rings. The third kappa shape index (κ3) is 3.58. The van der Waals surface area contributed by atoms with Gasteiger partial charge in [-0.2, -0.15) is 0 Å². The second-order valence-corrected chi connectivity index (χ2v) is 8.21. The molecule has 0 radical (unpaired) electrons. The number of carbonyl (C=O) groups excluding carboxylic acids is 2. The van der Waals surface area contributed by atoms with Crippen LogP contribution in [0.1, 0.15) is 48.0 Å². The third-order valence-electron chi connectivity index (χ3n) is 5.43. The van der Waals surface area contributed by atoms with Crippen LogP contribution in [0.3, 0.4) is 0 Å². The minimum absolute atomic E-state index is 0.00435. The zero-order valence-electron chi connectivity index (χ0n) is 16.6. The van der Waals surface area contributed by atoms with Crippen molar-refractivity contribution in [3.8, 4) is 0 Å². The molecule has 4 nitrogen and oxygen atoms in total. The first kappa shape index (κ1) is 19.4. The first-order valence-electron chi connectivity index (χ1n) is 9.95. The van der Waals surface area contributed by atoms with Gasteiger partial charge in [0, 0.05) is 23.8 Å². The molecule has 29 heavy (non-hydrogen) atoms. The summed E-state index contributed by atoms with van der Waals surface area (Å²) in [5.41, 5.74) is 2.79. The number of benzene rings is 2. The third-order valence-corrected chi connectivity index (χ3v) is 6.29. The van der Waals surface area contributed by atoms with Crippen molar-refractivity contribution in [3.63, 3.8) is 0 Å². The fourth-order valence-corrected chi connectivity index (χ4v) is 4.78. The quantitative estimate of drug-likeness (QED) is 0.562. The van der Waals surface area contributed by atoms with Crippen molar-refractivity contribution in [2.24, 2.45) is 0 Å². The van der Waals surface area contributed by atoms with Crippen LogP contribution in [0.25, 0.3) is 0 Å². The van der Waals surface area contributed by atoms with Crippen molar-refractivity contribution in [2.75, 3.05) is 9.80 Å². The molecule has 148 valence electrons. The summed E-state index contributed by atoms with van der Waals surface area (Å²) in [6, 6.07) is 21.4. The van der Waals surface area contributed by atoms with Gasteiger partial charge in [-0.3, -0.25) is 9.59 Å². The first-order chi connectivity index (χ1) is 14.1. The van der Waals surface area contributed by atoms with E-state index in [1.807, 2.05) is 88.8 Å². The van der Waals surface area contributed by atoms with E-state index in [1.165, 1.54) is 11.3 Å². The summed E-state index contributed by atoms with van der Waals surface area (Å²) in [4.78, 5) is 30.7. The van der Waals surface area contributed by atoms with Gasteiger partial charge in [-0.25, -0.2) is 0 Å². The number of para-hydroxylation sites is 2. The number of rotatable bonds is 4. The van der Waals surface area contributed by atoms with E-state index in [2.05, 4.69) is 6.92 Å². The summed E-state index contributed by atoms with van der Waals surface area (Å²) >= 11 is 1.45. The number of carbonyl (C=O) groups is 2. The fraction of sp³-hybridized carbons (Fsp3) is 0.250. The SMILES string of the molecule is CCC(=O)N1c2ccccc2[C@@H](N(C(=O)c2cccs2)c2ccccc2)C[C@H]1C. The summed E-state index contributed by atoms with van der Waals surface area (Å²) in [6.45, 7) is 3.95. The Morgan fingerprint density at radius 1 is 1.03 bits per heavy atom. The number of hydrogen-bond donors (Lipinski definition) is 0. The van der Waals surface area contributed by atoms with Crippen molar-refractivity contribution in [3.05, 3.63) is 82.6 Å². The molecule has 2 amide bonds. The largest absolute Gasteiger partial charge is 0.309 e. The van der Waals surface area contributed by atoms with E-state index in [0.717, 1.165) is 16.9 Å². The lowest BCUT2D eigenvalue weighted by Gasteiger charge is -2.43. The Bertz CT molecular complexity index is 1000. The topological polar surface area (TPSA) is 40.6 Å². The van der Waals surface area contributed by atoms with Gasteiger partial charge in [0.05, 0.1) is 10.9 Å². The van der Waals surface area contributed by atoms with Crippen molar-refractivity contribution < 1.29 is 9.59 Å². The number of thiophene rings is 1. The highest BCUT2D eigenvalue weighted by Gasteiger charge is 2.38. The van der Waals surface area contributed by atoms with Gasteiger partial charge < -0.3 is 9.80 Å². The Labute approximate surface area is 175 Å². The molecule has 2 aromatic carbocycles. The predicted molar refractivity (Wildman–Crippen MR) is 119 cm³/mol. The van der Waals surface area contributed by atoms with Gasteiger partial charge in [0.2, 0.25) is 5.91 Å². The highest BCUT2D eigenvalue weighted by molar-refractivity contribution is 7.12. The molecule has 2 atom stereocenters. The molecule has 2 heterocycles. The minimum Gasteiger partial charge on any atom is -0.309 e. The molecule has 3 aromatic rings. The van der Waals surface area contributed by atoms with E-state index in [1.54, 1.807) is 0 Å².